The summed E-state index contributed by atoms with van der Waals surface area (Å²) in [5, 5.41) is 2.84. The van der Waals surface area contributed by atoms with Gasteiger partial charge in [-0.2, -0.15) is 0 Å². The first-order chi connectivity index (χ1) is 9.72. The van der Waals surface area contributed by atoms with Crippen LogP contribution < -0.4 is 11.1 Å². The van der Waals surface area contributed by atoms with Gasteiger partial charge in [0, 0.05) is 11.8 Å². The summed E-state index contributed by atoms with van der Waals surface area (Å²) in [4.78, 5) is 16.5. The van der Waals surface area contributed by atoms with Gasteiger partial charge in [-0.3, -0.25) is 9.78 Å². The minimum Gasteiger partial charge on any atom is -0.320 e. The average molecular weight is 265 g/mol. The van der Waals surface area contributed by atoms with E-state index in [0.29, 0.717) is 16.8 Å². The van der Waals surface area contributed by atoms with Gasteiger partial charge in [0.25, 0.3) is 5.91 Å². The summed E-state index contributed by atoms with van der Waals surface area (Å²) >= 11 is 0. The second-order valence-corrected chi connectivity index (χ2v) is 4.14. The molecule has 1 heterocycles. The van der Waals surface area contributed by atoms with Crippen LogP contribution in [0.4, 0.5) is 5.69 Å². The van der Waals surface area contributed by atoms with Crippen molar-refractivity contribution in [3.63, 3.8) is 0 Å². The lowest BCUT2D eigenvalue weighted by atomic mass is 10.1. The Morgan fingerprint density at radius 2 is 2.10 bits per heavy atom. The standard InChI is InChI=1S/C16H15N3O/c1-12-15(9-5-11-18-12)19-16(20)14-8-3-2-6-13(14)7-4-10-17/h2-3,5-6,8-9,11H,10,17H2,1H3,(H,19,20). The molecule has 0 bridgehead atoms. The number of hydrogen-bond donors (Lipinski definition) is 2. The topological polar surface area (TPSA) is 68.0 Å². The molecular formula is C16H15N3O. The molecule has 1 aromatic carbocycles. The number of nitrogens with two attached hydrogens (primary N) is 1. The van der Waals surface area contributed by atoms with Crippen molar-refractivity contribution < 1.29 is 4.79 Å². The van der Waals surface area contributed by atoms with Crippen molar-refractivity contribution in [1.29, 1.82) is 0 Å². The molecule has 2 rings (SSSR count). The molecule has 0 saturated heterocycles. The number of amides is 1. The van der Waals surface area contributed by atoms with Crippen molar-refractivity contribution in [3.8, 4) is 11.8 Å². The highest BCUT2D eigenvalue weighted by atomic mass is 16.1. The first kappa shape index (κ1) is 13.8. The highest BCUT2D eigenvalue weighted by Gasteiger charge is 2.11. The van der Waals surface area contributed by atoms with Crippen LogP contribution in [-0.2, 0) is 0 Å². The van der Waals surface area contributed by atoms with E-state index >= 15 is 0 Å². The number of aryl methyl sites for hydroxylation is 1. The van der Waals surface area contributed by atoms with Crippen LogP contribution in [0.2, 0.25) is 0 Å². The number of carbonyl (C=O) groups excluding carboxylic acids is 1. The van der Waals surface area contributed by atoms with E-state index in [-0.39, 0.29) is 12.5 Å². The van der Waals surface area contributed by atoms with Crippen LogP contribution in [0.1, 0.15) is 21.6 Å². The highest BCUT2D eigenvalue weighted by molar-refractivity contribution is 6.06. The summed E-state index contributed by atoms with van der Waals surface area (Å²) in [6, 6.07) is 10.8. The van der Waals surface area contributed by atoms with Crippen LogP contribution in [0, 0.1) is 18.8 Å². The molecule has 0 aliphatic rings. The number of carbonyl (C=O) groups is 1. The smallest absolute Gasteiger partial charge is 0.256 e. The molecule has 0 atom stereocenters. The van der Waals surface area contributed by atoms with Gasteiger partial charge in [0.2, 0.25) is 0 Å². The number of aromatic nitrogens is 1. The fraction of sp³-hybridized carbons (Fsp3) is 0.125. The zero-order valence-electron chi connectivity index (χ0n) is 11.2. The molecule has 0 aliphatic heterocycles. The Hall–Kier alpha value is -2.64. The van der Waals surface area contributed by atoms with Gasteiger partial charge in [0.1, 0.15) is 0 Å². The van der Waals surface area contributed by atoms with E-state index in [1.54, 1.807) is 30.5 Å². The monoisotopic (exact) mass is 265 g/mol. The summed E-state index contributed by atoms with van der Waals surface area (Å²) in [6.07, 6.45) is 1.69. The molecule has 0 radical (unpaired) electrons. The number of hydrogen-bond acceptors (Lipinski definition) is 3. The molecule has 0 aliphatic carbocycles. The van der Waals surface area contributed by atoms with Crippen molar-refractivity contribution in [2.24, 2.45) is 5.73 Å². The Kier molecular flexibility index (Phi) is 4.48. The van der Waals surface area contributed by atoms with Gasteiger partial charge < -0.3 is 11.1 Å². The lowest BCUT2D eigenvalue weighted by Crippen LogP contribution is -2.14. The van der Waals surface area contributed by atoms with E-state index in [0.717, 1.165) is 5.69 Å². The van der Waals surface area contributed by atoms with E-state index < -0.39 is 0 Å². The molecule has 4 heteroatoms. The van der Waals surface area contributed by atoms with E-state index in [2.05, 4.69) is 22.1 Å². The molecule has 2 aromatic rings. The van der Waals surface area contributed by atoms with Crippen LogP contribution in [0.3, 0.4) is 0 Å². The Balaban J connectivity index is 2.28. The Labute approximate surface area is 118 Å². The zero-order valence-corrected chi connectivity index (χ0v) is 11.2. The molecule has 3 N–H and O–H groups in total. The van der Waals surface area contributed by atoms with Gasteiger partial charge in [-0.05, 0) is 31.2 Å². The SMILES string of the molecule is Cc1ncccc1NC(=O)c1ccccc1C#CCN. The summed E-state index contributed by atoms with van der Waals surface area (Å²) < 4.78 is 0. The minimum atomic E-state index is -0.206. The molecule has 1 aromatic heterocycles. The molecule has 0 saturated carbocycles. The minimum absolute atomic E-state index is 0.206. The second-order valence-electron chi connectivity index (χ2n) is 4.14. The predicted octanol–water partition coefficient (Wildman–Crippen LogP) is 1.95. The lowest BCUT2D eigenvalue weighted by molar-refractivity contribution is 0.102. The first-order valence-corrected chi connectivity index (χ1v) is 6.23. The molecule has 20 heavy (non-hydrogen) atoms. The fourth-order valence-electron chi connectivity index (χ4n) is 1.74. The fourth-order valence-corrected chi connectivity index (χ4v) is 1.74. The van der Waals surface area contributed by atoms with Crippen LogP contribution in [-0.4, -0.2) is 17.4 Å². The molecule has 0 fully saturated rings. The predicted molar refractivity (Wildman–Crippen MR) is 79.3 cm³/mol. The third kappa shape index (κ3) is 3.22. The number of anilines is 1. The third-order valence-electron chi connectivity index (χ3n) is 2.75. The number of pyridine rings is 1. The van der Waals surface area contributed by atoms with E-state index in [4.69, 9.17) is 5.73 Å². The summed E-state index contributed by atoms with van der Waals surface area (Å²) in [5.41, 5.74) is 8.02. The lowest BCUT2D eigenvalue weighted by Gasteiger charge is -2.08. The molecule has 100 valence electrons. The molecular weight excluding hydrogens is 250 g/mol. The number of nitrogens with zero attached hydrogens (tertiary/aromatic N) is 1. The maximum Gasteiger partial charge on any atom is 0.256 e. The Morgan fingerprint density at radius 3 is 2.85 bits per heavy atom. The van der Waals surface area contributed by atoms with Crippen LogP contribution in [0.15, 0.2) is 42.6 Å². The summed E-state index contributed by atoms with van der Waals surface area (Å²) in [6.45, 7) is 2.10. The Morgan fingerprint density at radius 1 is 1.30 bits per heavy atom. The van der Waals surface area contributed by atoms with E-state index in [1.807, 2.05) is 19.1 Å². The van der Waals surface area contributed by atoms with Crippen molar-refractivity contribution >= 4 is 11.6 Å². The van der Waals surface area contributed by atoms with Crippen molar-refractivity contribution in [2.75, 3.05) is 11.9 Å². The van der Waals surface area contributed by atoms with Gasteiger partial charge in [-0.1, -0.05) is 24.0 Å². The molecule has 1 amide bonds. The zero-order chi connectivity index (χ0) is 14.4. The van der Waals surface area contributed by atoms with Gasteiger partial charge in [0.05, 0.1) is 23.5 Å². The number of benzene rings is 1. The molecule has 4 nitrogen and oxygen atoms in total. The van der Waals surface area contributed by atoms with E-state index in [9.17, 15) is 4.79 Å². The van der Waals surface area contributed by atoms with E-state index in [1.165, 1.54) is 0 Å². The maximum atomic E-state index is 12.3. The molecule has 0 spiro atoms. The van der Waals surface area contributed by atoms with Gasteiger partial charge in [-0.15, -0.1) is 0 Å². The largest absolute Gasteiger partial charge is 0.320 e. The number of nitrogens with one attached hydrogen (secondary N) is 1. The van der Waals surface area contributed by atoms with Crippen molar-refractivity contribution in [3.05, 3.63) is 59.4 Å². The third-order valence-corrected chi connectivity index (χ3v) is 2.75. The maximum absolute atomic E-state index is 12.3. The quantitative estimate of drug-likeness (QED) is 0.815. The van der Waals surface area contributed by atoms with Crippen molar-refractivity contribution in [2.45, 2.75) is 6.92 Å². The second kappa shape index (κ2) is 6.50. The summed E-state index contributed by atoms with van der Waals surface area (Å²) in [5.74, 6) is 5.46. The molecule has 0 unspecified atom stereocenters. The average Bonchev–Trinajstić information content (AvgIpc) is 2.47. The van der Waals surface area contributed by atoms with Crippen LogP contribution in [0.25, 0.3) is 0 Å². The van der Waals surface area contributed by atoms with Crippen molar-refractivity contribution in [1.82, 2.24) is 4.98 Å². The Bertz CT molecular complexity index is 683. The van der Waals surface area contributed by atoms with Gasteiger partial charge in [0.15, 0.2) is 0 Å². The summed E-state index contributed by atoms with van der Waals surface area (Å²) in [7, 11) is 0. The normalized spacial score (nSPS) is 9.50. The number of rotatable bonds is 2. The van der Waals surface area contributed by atoms with Crippen LogP contribution >= 0.6 is 0 Å². The highest BCUT2D eigenvalue weighted by Crippen LogP contribution is 2.14. The first-order valence-electron chi connectivity index (χ1n) is 6.23. The van der Waals surface area contributed by atoms with Gasteiger partial charge in [-0.25, -0.2) is 0 Å². The van der Waals surface area contributed by atoms with Gasteiger partial charge >= 0.3 is 0 Å². The van der Waals surface area contributed by atoms with Crippen LogP contribution in [0.5, 0.6) is 0 Å².